The lowest BCUT2D eigenvalue weighted by atomic mass is 9.48. The van der Waals surface area contributed by atoms with Crippen LogP contribution in [0.5, 0.6) is 5.88 Å². The van der Waals surface area contributed by atoms with E-state index in [0.29, 0.717) is 65.3 Å². The van der Waals surface area contributed by atoms with Gasteiger partial charge in [0.2, 0.25) is 21.8 Å². The first-order chi connectivity index (χ1) is 24.7. The smallest absolute Gasteiger partial charge is 0.479 e. The topological polar surface area (TPSA) is 169 Å². The van der Waals surface area contributed by atoms with Gasteiger partial charge in [-0.25, -0.2) is 22.5 Å². The largest absolute Gasteiger partial charge is 0.490 e. The first kappa shape index (κ1) is 29.9. The third-order valence-electron chi connectivity index (χ3n) is 9.85. The van der Waals surface area contributed by atoms with Gasteiger partial charge in [-0.15, -0.1) is 5.10 Å². The average Bonchev–Trinajstić information content (AvgIpc) is 3.80. The minimum absolute atomic E-state index is 0.0266. The number of aromatic nitrogens is 6. The molecule has 1 saturated heterocycles. The van der Waals surface area contributed by atoms with E-state index in [4.69, 9.17) is 23.7 Å². The van der Waals surface area contributed by atoms with Crippen LogP contribution in [0.15, 0.2) is 36.8 Å². The van der Waals surface area contributed by atoms with Gasteiger partial charge in [0, 0.05) is 71.8 Å². The zero-order valence-electron chi connectivity index (χ0n) is 30.2. The summed E-state index contributed by atoms with van der Waals surface area (Å²) in [6.45, 7) is 0.0291. The summed E-state index contributed by atoms with van der Waals surface area (Å²) in [6.07, 6.45) is 1.09. The Morgan fingerprint density at radius 2 is 1.90 bits per heavy atom. The zero-order chi connectivity index (χ0) is 38.6. The number of benzene rings is 1. The number of anilines is 1. The number of nitrogens with zero attached hydrogens (tertiary/aromatic N) is 7. The van der Waals surface area contributed by atoms with Crippen LogP contribution in [0.1, 0.15) is 29.4 Å². The molecular weight excluding hydrogens is 681 g/mol. The number of carboxylic acid groups (broad SMARTS) is 1. The number of carbonyl (C=O) groups excluding carboxylic acids is 1. The van der Waals surface area contributed by atoms with E-state index in [9.17, 15) is 26.4 Å². The highest BCUT2D eigenvalue weighted by atomic mass is 32.2. The summed E-state index contributed by atoms with van der Waals surface area (Å²) in [5, 5.41) is 17.2. The van der Waals surface area contributed by atoms with Crippen molar-refractivity contribution in [3.05, 3.63) is 42.4 Å². The summed E-state index contributed by atoms with van der Waals surface area (Å²) in [6, 6.07) is 5.50. The minimum Gasteiger partial charge on any atom is -0.479 e. The van der Waals surface area contributed by atoms with Gasteiger partial charge in [0.25, 0.3) is 0 Å². The maximum Gasteiger partial charge on any atom is 0.490 e. The third kappa shape index (κ3) is 4.86. The summed E-state index contributed by atoms with van der Waals surface area (Å²) in [5.41, 5.74) is 4.48. The molecule has 6 heterocycles. The molecule has 4 aromatic heterocycles. The number of halogens is 3. The predicted octanol–water partition coefficient (Wildman–Crippen LogP) is 3.82. The number of H-pyrrole nitrogens is 1. The van der Waals surface area contributed by atoms with Crippen molar-refractivity contribution in [3.63, 3.8) is 0 Å². The molecule has 18 heteroatoms. The SMILES string of the molecule is O=C(O)C(F)(F)F.[2H]C([2H])([2H])n1ncc2cc(-c3c(-c4cn(C)nc4OC)[nH]c4ncc5c(c34)C3(CC4(CN(S(=O)(=O)CC)C4)C3)C(=O)N5C)ccc21. The van der Waals surface area contributed by atoms with E-state index in [2.05, 4.69) is 15.2 Å². The predicted molar refractivity (Wildman–Crippen MR) is 176 cm³/mol. The summed E-state index contributed by atoms with van der Waals surface area (Å²) in [5.74, 6) is -2.33. The number of nitrogens with one attached hydrogen (secondary N) is 1. The fraction of sp³-hybridized carbons (Fsp3) is 0.406. The van der Waals surface area contributed by atoms with Crippen molar-refractivity contribution in [2.24, 2.45) is 19.4 Å². The summed E-state index contributed by atoms with van der Waals surface area (Å²) < 4.78 is 90.4. The molecule has 8 rings (SSSR count). The third-order valence-corrected chi connectivity index (χ3v) is 11.6. The Balaban J connectivity index is 0.000000568. The number of aliphatic carboxylic acids is 1. The van der Waals surface area contributed by atoms with E-state index >= 15 is 0 Å². The molecule has 0 bridgehead atoms. The highest BCUT2D eigenvalue weighted by molar-refractivity contribution is 7.89. The van der Waals surface area contributed by atoms with Crippen molar-refractivity contribution < 1.29 is 45.1 Å². The van der Waals surface area contributed by atoms with Crippen LogP contribution in [-0.2, 0) is 39.1 Å². The van der Waals surface area contributed by atoms with Crippen molar-refractivity contribution in [1.82, 2.24) is 33.8 Å². The Bertz CT molecular complexity index is 2440. The van der Waals surface area contributed by atoms with Crippen LogP contribution >= 0.6 is 0 Å². The quantitative estimate of drug-likeness (QED) is 0.275. The number of pyridine rings is 1. The average molecular weight is 718 g/mol. The van der Waals surface area contributed by atoms with Crippen LogP contribution < -0.4 is 9.64 Å². The van der Waals surface area contributed by atoms with Gasteiger partial charge in [0.15, 0.2) is 0 Å². The Hall–Kier alpha value is -4.97. The van der Waals surface area contributed by atoms with Crippen LogP contribution in [0.25, 0.3) is 44.3 Å². The molecular formula is C32H33F3N8O6S. The van der Waals surface area contributed by atoms with Gasteiger partial charge in [0.1, 0.15) is 5.65 Å². The van der Waals surface area contributed by atoms with Gasteiger partial charge < -0.3 is 19.7 Å². The molecule has 2 spiro atoms. The number of carbonyl (C=O) groups is 2. The van der Waals surface area contributed by atoms with Gasteiger partial charge in [-0.1, -0.05) is 6.07 Å². The number of amides is 1. The summed E-state index contributed by atoms with van der Waals surface area (Å²) in [7, 11) is 1.81. The van der Waals surface area contributed by atoms with E-state index in [1.807, 2.05) is 18.3 Å². The highest BCUT2D eigenvalue weighted by Crippen LogP contribution is 2.66. The molecule has 0 unspecified atom stereocenters. The van der Waals surface area contributed by atoms with E-state index in [-0.39, 0.29) is 17.1 Å². The maximum absolute atomic E-state index is 14.1. The number of likely N-dealkylation sites (N-methyl/N-ethyl adjacent to an activating group) is 1. The number of carboxylic acids is 1. The van der Waals surface area contributed by atoms with E-state index in [0.717, 1.165) is 26.8 Å². The number of aromatic amines is 1. The molecule has 5 aromatic rings. The number of methoxy groups -OCH3 is 1. The molecule has 50 heavy (non-hydrogen) atoms. The van der Waals surface area contributed by atoms with Crippen LogP contribution in [-0.4, -0.2) is 98.4 Å². The van der Waals surface area contributed by atoms with E-state index in [1.54, 1.807) is 50.0 Å². The second-order valence-electron chi connectivity index (χ2n) is 12.9. The first-order valence-electron chi connectivity index (χ1n) is 16.8. The number of alkyl halides is 3. The molecule has 0 atom stereocenters. The number of hydrogen-bond donors (Lipinski definition) is 2. The number of hydrogen-bond acceptors (Lipinski definition) is 8. The van der Waals surface area contributed by atoms with Crippen LogP contribution in [0.4, 0.5) is 18.9 Å². The number of fused-ring (bicyclic) bond motifs is 5. The molecule has 14 nitrogen and oxygen atoms in total. The molecule has 264 valence electrons. The zero-order valence-corrected chi connectivity index (χ0v) is 28.0. The number of sulfonamides is 1. The Morgan fingerprint density at radius 1 is 1.20 bits per heavy atom. The molecule has 2 aliphatic heterocycles. The fourth-order valence-corrected chi connectivity index (χ4v) is 9.06. The van der Waals surface area contributed by atoms with Gasteiger partial charge in [-0.05, 0) is 37.5 Å². The van der Waals surface area contributed by atoms with Crippen molar-refractivity contribution >= 4 is 49.5 Å². The lowest BCUT2D eigenvalue weighted by Crippen LogP contribution is -2.69. The minimum atomic E-state index is -5.08. The Labute approximate surface area is 287 Å². The number of rotatable bonds is 5. The summed E-state index contributed by atoms with van der Waals surface area (Å²) in [4.78, 5) is 33.0. The van der Waals surface area contributed by atoms with Crippen molar-refractivity contribution in [1.29, 1.82) is 0 Å². The Kier molecular flexibility index (Phi) is 6.59. The summed E-state index contributed by atoms with van der Waals surface area (Å²) >= 11 is 0. The lowest BCUT2D eigenvalue weighted by Gasteiger charge is -2.62. The first-order valence-corrected chi connectivity index (χ1v) is 17.0. The van der Waals surface area contributed by atoms with E-state index < -0.39 is 34.6 Å². The van der Waals surface area contributed by atoms with Crippen LogP contribution in [0.2, 0.25) is 0 Å². The molecule has 0 radical (unpaired) electrons. The number of aryl methyl sites for hydroxylation is 2. The van der Waals surface area contributed by atoms with Gasteiger partial charge in [-0.3, -0.25) is 14.2 Å². The molecule has 1 amide bonds. The van der Waals surface area contributed by atoms with Gasteiger partial charge in [-0.2, -0.15) is 18.3 Å². The Morgan fingerprint density at radius 3 is 2.52 bits per heavy atom. The highest BCUT2D eigenvalue weighted by Gasteiger charge is 2.68. The van der Waals surface area contributed by atoms with Crippen molar-refractivity contribution in [2.45, 2.75) is 31.4 Å². The maximum atomic E-state index is 14.1. The van der Waals surface area contributed by atoms with Gasteiger partial charge in [0.05, 0.1) is 53.1 Å². The van der Waals surface area contributed by atoms with Crippen molar-refractivity contribution in [2.75, 3.05) is 37.9 Å². The molecule has 3 aliphatic rings. The molecule has 2 N–H and O–H groups in total. The van der Waals surface area contributed by atoms with E-state index in [1.165, 1.54) is 10.5 Å². The second kappa shape index (κ2) is 11.0. The molecule has 1 aromatic carbocycles. The molecule has 1 saturated carbocycles. The normalized spacial score (nSPS) is 19.1. The van der Waals surface area contributed by atoms with Crippen LogP contribution in [0, 0.1) is 5.41 Å². The monoisotopic (exact) mass is 717 g/mol. The molecule has 1 aliphatic carbocycles. The van der Waals surface area contributed by atoms with Crippen LogP contribution in [0.3, 0.4) is 0 Å². The van der Waals surface area contributed by atoms with Crippen molar-refractivity contribution in [3.8, 4) is 28.3 Å². The number of ether oxygens (including phenoxy) is 1. The fourth-order valence-electron chi connectivity index (χ4n) is 7.75. The standard InChI is InChI=1S/C30H32N8O4S.C2HF3O2/c1-6-43(40,41)38-15-29(16-38)13-30(14-29)24-21(36(3)28(30)39)11-31-26-23(24)22(17-7-8-20-18(9-17)10-32-37(20)4)25(33-26)19-12-35(2)34-27(19)42-5;3-2(4,5)1(6)7/h7-12H,6,13-16H2,1-5H3,(H,31,33);(H,6,7)/i4D3;. The lowest BCUT2D eigenvalue weighted by molar-refractivity contribution is -0.192. The molecule has 2 fully saturated rings. The van der Waals surface area contributed by atoms with Gasteiger partial charge >= 0.3 is 12.1 Å². The second-order valence-corrected chi connectivity index (χ2v) is 15.2.